The van der Waals surface area contributed by atoms with Gasteiger partial charge in [0.1, 0.15) is 0 Å². The van der Waals surface area contributed by atoms with Gasteiger partial charge in [0, 0.05) is 28.3 Å². The van der Waals surface area contributed by atoms with Crippen molar-refractivity contribution < 1.29 is 4.79 Å². The van der Waals surface area contributed by atoms with E-state index in [9.17, 15) is 4.79 Å². The summed E-state index contributed by atoms with van der Waals surface area (Å²) >= 11 is 2.25. The zero-order valence-corrected chi connectivity index (χ0v) is 13.5. The second-order valence-corrected chi connectivity index (χ2v) is 6.30. The van der Waals surface area contributed by atoms with Crippen molar-refractivity contribution in [2.45, 2.75) is 32.2 Å². The molecule has 1 heterocycles. The molecule has 1 saturated heterocycles. The molecule has 1 atom stereocenters. The molecule has 0 radical (unpaired) electrons. The van der Waals surface area contributed by atoms with Crippen molar-refractivity contribution in [2.24, 2.45) is 0 Å². The minimum atomic E-state index is 0.161. The van der Waals surface area contributed by atoms with E-state index >= 15 is 0 Å². The molecule has 0 aliphatic carbocycles. The maximum atomic E-state index is 12.6. The lowest BCUT2D eigenvalue weighted by Gasteiger charge is -2.25. The molecule has 1 fully saturated rings. The van der Waals surface area contributed by atoms with E-state index in [4.69, 9.17) is 0 Å². The molecule has 0 aromatic heterocycles. The Morgan fingerprint density at radius 3 is 3.00 bits per heavy atom. The maximum absolute atomic E-state index is 12.6. The highest BCUT2D eigenvalue weighted by molar-refractivity contribution is 14.1. The van der Waals surface area contributed by atoms with Crippen molar-refractivity contribution in [3.63, 3.8) is 0 Å². The summed E-state index contributed by atoms with van der Waals surface area (Å²) in [5.74, 6) is 0.161. The molecule has 1 aromatic carbocycles. The third-order valence-corrected chi connectivity index (χ3v) is 4.13. The monoisotopic (exact) mass is 372 g/mol. The van der Waals surface area contributed by atoms with Crippen molar-refractivity contribution in [1.82, 2.24) is 10.2 Å². The van der Waals surface area contributed by atoms with Crippen LogP contribution >= 0.6 is 22.6 Å². The van der Waals surface area contributed by atoms with Crippen molar-refractivity contribution in [3.8, 4) is 0 Å². The smallest absolute Gasteiger partial charge is 0.253 e. The molecule has 0 saturated carbocycles. The SMILES string of the molecule is CCCN(CC1CCCN1)C(=O)c1cccc(I)c1. The van der Waals surface area contributed by atoms with Crippen molar-refractivity contribution in [1.29, 1.82) is 0 Å². The summed E-state index contributed by atoms with van der Waals surface area (Å²) in [4.78, 5) is 14.6. The number of halogens is 1. The molecule has 0 bridgehead atoms. The zero-order valence-electron chi connectivity index (χ0n) is 11.4. The highest BCUT2D eigenvalue weighted by Crippen LogP contribution is 2.13. The largest absolute Gasteiger partial charge is 0.337 e. The van der Waals surface area contributed by atoms with Crippen LogP contribution in [-0.2, 0) is 0 Å². The first-order valence-electron chi connectivity index (χ1n) is 6.99. The van der Waals surface area contributed by atoms with Crippen LogP contribution in [0.5, 0.6) is 0 Å². The molecule has 1 N–H and O–H groups in total. The van der Waals surface area contributed by atoms with E-state index in [2.05, 4.69) is 34.8 Å². The van der Waals surface area contributed by atoms with Gasteiger partial charge >= 0.3 is 0 Å². The van der Waals surface area contributed by atoms with Crippen LogP contribution in [0.15, 0.2) is 24.3 Å². The van der Waals surface area contributed by atoms with Crippen molar-refractivity contribution in [2.75, 3.05) is 19.6 Å². The van der Waals surface area contributed by atoms with Gasteiger partial charge in [-0.2, -0.15) is 0 Å². The summed E-state index contributed by atoms with van der Waals surface area (Å²) in [7, 11) is 0. The number of carbonyl (C=O) groups is 1. The van der Waals surface area contributed by atoms with Crippen molar-refractivity contribution in [3.05, 3.63) is 33.4 Å². The Hall–Kier alpha value is -0.620. The van der Waals surface area contributed by atoms with Gasteiger partial charge in [0.25, 0.3) is 5.91 Å². The normalized spacial score (nSPS) is 18.5. The van der Waals surface area contributed by atoms with Crippen LogP contribution in [-0.4, -0.2) is 36.5 Å². The zero-order chi connectivity index (χ0) is 13.7. The first-order chi connectivity index (χ1) is 9.20. The number of amides is 1. The molecule has 1 aliphatic rings. The molecule has 1 aromatic rings. The lowest BCUT2D eigenvalue weighted by molar-refractivity contribution is 0.0742. The number of hydrogen-bond acceptors (Lipinski definition) is 2. The van der Waals surface area contributed by atoms with Gasteiger partial charge in [-0.1, -0.05) is 13.0 Å². The number of hydrogen-bond donors (Lipinski definition) is 1. The molecular weight excluding hydrogens is 351 g/mol. The molecule has 1 amide bonds. The third kappa shape index (κ3) is 4.18. The second-order valence-electron chi connectivity index (χ2n) is 5.05. The number of rotatable bonds is 5. The molecule has 1 unspecified atom stereocenters. The number of nitrogens with one attached hydrogen (secondary N) is 1. The Morgan fingerprint density at radius 2 is 2.37 bits per heavy atom. The Bertz CT molecular complexity index is 430. The third-order valence-electron chi connectivity index (χ3n) is 3.46. The lowest BCUT2D eigenvalue weighted by atomic mass is 10.1. The van der Waals surface area contributed by atoms with Crippen molar-refractivity contribution >= 4 is 28.5 Å². The molecular formula is C15H21IN2O. The average molecular weight is 372 g/mol. The highest BCUT2D eigenvalue weighted by atomic mass is 127. The molecule has 19 heavy (non-hydrogen) atoms. The summed E-state index contributed by atoms with van der Waals surface area (Å²) in [5, 5.41) is 3.47. The quantitative estimate of drug-likeness (QED) is 0.807. The van der Waals surface area contributed by atoms with Gasteiger partial charge < -0.3 is 10.2 Å². The lowest BCUT2D eigenvalue weighted by Crippen LogP contribution is -2.41. The van der Waals surface area contributed by atoms with Crippen LogP contribution in [0.1, 0.15) is 36.5 Å². The predicted molar refractivity (Wildman–Crippen MR) is 86.4 cm³/mol. The minimum absolute atomic E-state index is 0.161. The topological polar surface area (TPSA) is 32.3 Å². The van der Waals surface area contributed by atoms with Crippen LogP contribution in [0.3, 0.4) is 0 Å². The first kappa shape index (κ1) is 14.8. The van der Waals surface area contributed by atoms with Gasteiger partial charge in [0.2, 0.25) is 0 Å². The minimum Gasteiger partial charge on any atom is -0.337 e. The van der Waals surface area contributed by atoms with Gasteiger partial charge in [-0.3, -0.25) is 4.79 Å². The van der Waals surface area contributed by atoms with E-state index in [-0.39, 0.29) is 5.91 Å². The molecule has 1 aliphatic heterocycles. The van der Waals surface area contributed by atoms with Gasteiger partial charge in [-0.15, -0.1) is 0 Å². The van der Waals surface area contributed by atoms with Gasteiger partial charge in [0.05, 0.1) is 0 Å². The fraction of sp³-hybridized carbons (Fsp3) is 0.533. The van der Waals surface area contributed by atoms with Crippen LogP contribution < -0.4 is 5.32 Å². The fourth-order valence-corrected chi connectivity index (χ4v) is 3.07. The van der Waals surface area contributed by atoms with Gasteiger partial charge in [-0.25, -0.2) is 0 Å². The predicted octanol–water partition coefficient (Wildman–Crippen LogP) is 2.90. The Morgan fingerprint density at radius 1 is 1.53 bits per heavy atom. The van der Waals surface area contributed by atoms with Gasteiger partial charge in [-0.05, 0) is 66.6 Å². The number of nitrogens with zero attached hydrogens (tertiary/aromatic N) is 1. The standard InChI is InChI=1S/C15H21IN2O/c1-2-9-18(11-14-7-4-8-17-14)15(19)12-5-3-6-13(16)10-12/h3,5-6,10,14,17H,2,4,7-9,11H2,1H3. The fourth-order valence-electron chi connectivity index (χ4n) is 2.53. The Labute approximate surface area is 128 Å². The van der Waals surface area contributed by atoms with E-state index in [0.717, 1.165) is 35.2 Å². The highest BCUT2D eigenvalue weighted by Gasteiger charge is 2.21. The first-order valence-corrected chi connectivity index (χ1v) is 8.07. The van der Waals surface area contributed by atoms with Crippen LogP contribution in [0, 0.1) is 3.57 Å². The summed E-state index contributed by atoms with van der Waals surface area (Å²) < 4.78 is 1.11. The van der Waals surface area contributed by atoms with Crippen LogP contribution in [0.25, 0.3) is 0 Å². The summed E-state index contributed by atoms with van der Waals surface area (Å²) in [6, 6.07) is 8.31. The summed E-state index contributed by atoms with van der Waals surface area (Å²) in [6.45, 7) is 4.87. The van der Waals surface area contributed by atoms with Crippen LogP contribution in [0.4, 0.5) is 0 Å². The average Bonchev–Trinajstić information content (AvgIpc) is 2.90. The number of carbonyl (C=O) groups excluding carboxylic acids is 1. The van der Waals surface area contributed by atoms with E-state index in [1.807, 2.05) is 29.2 Å². The maximum Gasteiger partial charge on any atom is 0.253 e. The van der Waals surface area contributed by atoms with Crippen LogP contribution in [0.2, 0.25) is 0 Å². The Kier molecular flexibility index (Phi) is 5.63. The molecule has 4 heteroatoms. The van der Waals surface area contributed by atoms with E-state index in [1.165, 1.54) is 12.8 Å². The van der Waals surface area contributed by atoms with Gasteiger partial charge in [0.15, 0.2) is 0 Å². The Balaban J connectivity index is 2.06. The molecule has 3 nitrogen and oxygen atoms in total. The summed E-state index contributed by atoms with van der Waals surface area (Å²) in [5.41, 5.74) is 0.804. The molecule has 2 rings (SSSR count). The second kappa shape index (κ2) is 7.24. The van der Waals surface area contributed by atoms with E-state index in [0.29, 0.717) is 6.04 Å². The molecule has 104 valence electrons. The summed E-state index contributed by atoms with van der Waals surface area (Å²) in [6.07, 6.45) is 3.41. The van der Waals surface area contributed by atoms with E-state index < -0.39 is 0 Å². The molecule has 0 spiro atoms. The van der Waals surface area contributed by atoms with E-state index in [1.54, 1.807) is 0 Å². The number of benzene rings is 1.